The molecule has 0 radical (unpaired) electrons. The van der Waals surface area contributed by atoms with E-state index in [1.165, 1.54) is 11.8 Å². The van der Waals surface area contributed by atoms with Gasteiger partial charge in [-0.2, -0.15) is 0 Å². The Morgan fingerprint density at radius 3 is 2.78 bits per heavy atom. The Bertz CT molecular complexity index is 925. The molecular formula is C19H24N4O3S. The quantitative estimate of drug-likeness (QED) is 0.622. The number of nitrogens with two attached hydrogens (primary N) is 1. The Morgan fingerprint density at radius 2 is 2.07 bits per heavy atom. The fraction of sp³-hybridized carbons (Fsp3) is 0.474. The maximum atomic E-state index is 12.8. The van der Waals surface area contributed by atoms with Crippen molar-refractivity contribution in [2.45, 2.75) is 37.9 Å². The third kappa shape index (κ3) is 4.16. The van der Waals surface area contributed by atoms with Crippen LogP contribution in [0.2, 0.25) is 0 Å². The van der Waals surface area contributed by atoms with Gasteiger partial charge in [-0.1, -0.05) is 23.9 Å². The lowest BCUT2D eigenvalue weighted by atomic mass is 9.97. The largest absolute Gasteiger partial charge is 0.369 e. The van der Waals surface area contributed by atoms with Gasteiger partial charge in [-0.25, -0.2) is 4.98 Å². The number of carbonyl (C=O) groups is 2. The number of amides is 2. The molecule has 7 nitrogen and oxygen atoms in total. The van der Waals surface area contributed by atoms with E-state index < -0.39 is 0 Å². The van der Waals surface area contributed by atoms with Crippen molar-refractivity contribution in [2.75, 3.05) is 18.8 Å². The van der Waals surface area contributed by atoms with E-state index in [2.05, 4.69) is 4.98 Å². The van der Waals surface area contributed by atoms with E-state index in [0.29, 0.717) is 29.1 Å². The van der Waals surface area contributed by atoms with Crippen LogP contribution in [-0.2, 0) is 9.59 Å². The summed E-state index contributed by atoms with van der Waals surface area (Å²) in [7, 11) is 0. The molecule has 3 rings (SSSR count). The number of para-hydroxylation sites is 1. The van der Waals surface area contributed by atoms with Crippen LogP contribution in [0.15, 0.2) is 34.2 Å². The lowest BCUT2D eigenvalue weighted by Crippen LogP contribution is -2.44. The molecule has 1 aromatic carbocycles. The van der Waals surface area contributed by atoms with Gasteiger partial charge in [0.25, 0.3) is 5.56 Å². The molecule has 1 saturated heterocycles. The minimum Gasteiger partial charge on any atom is -0.369 e. The second kappa shape index (κ2) is 8.12. The normalized spacial score (nSPS) is 17.4. The van der Waals surface area contributed by atoms with Crippen molar-refractivity contribution in [3.63, 3.8) is 0 Å². The Morgan fingerprint density at radius 1 is 1.33 bits per heavy atom. The number of piperidine rings is 1. The van der Waals surface area contributed by atoms with Crippen LogP contribution >= 0.6 is 11.8 Å². The molecule has 1 aliphatic heterocycles. The van der Waals surface area contributed by atoms with Gasteiger partial charge in [-0.15, -0.1) is 0 Å². The van der Waals surface area contributed by atoms with Crippen molar-refractivity contribution >= 4 is 34.5 Å². The van der Waals surface area contributed by atoms with Crippen LogP contribution in [-0.4, -0.2) is 45.1 Å². The zero-order valence-corrected chi connectivity index (χ0v) is 16.4. The molecule has 2 aromatic rings. The topological polar surface area (TPSA) is 98.3 Å². The lowest BCUT2D eigenvalue weighted by molar-refractivity contribution is -0.132. The first kappa shape index (κ1) is 19.4. The van der Waals surface area contributed by atoms with E-state index in [9.17, 15) is 14.4 Å². The predicted molar refractivity (Wildman–Crippen MR) is 106 cm³/mol. The maximum absolute atomic E-state index is 12.8. The Balaban J connectivity index is 1.80. The minimum atomic E-state index is -0.356. The summed E-state index contributed by atoms with van der Waals surface area (Å²) in [6.45, 7) is 4.85. The van der Waals surface area contributed by atoms with Crippen molar-refractivity contribution in [1.29, 1.82) is 0 Å². The molecule has 1 aliphatic rings. The zero-order chi connectivity index (χ0) is 19.6. The van der Waals surface area contributed by atoms with Gasteiger partial charge in [0.1, 0.15) is 0 Å². The number of benzene rings is 1. The smallest absolute Gasteiger partial charge is 0.262 e. The van der Waals surface area contributed by atoms with Gasteiger partial charge in [0, 0.05) is 19.1 Å². The number of thioether (sulfide) groups is 1. The van der Waals surface area contributed by atoms with Crippen molar-refractivity contribution < 1.29 is 9.59 Å². The molecule has 0 unspecified atom stereocenters. The summed E-state index contributed by atoms with van der Waals surface area (Å²) in [5.41, 5.74) is 5.91. The number of likely N-dealkylation sites (tertiary alicyclic amines) is 1. The van der Waals surface area contributed by atoms with Crippen LogP contribution in [0.4, 0.5) is 0 Å². The van der Waals surface area contributed by atoms with E-state index in [1.54, 1.807) is 21.6 Å². The first-order valence-electron chi connectivity index (χ1n) is 9.09. The van der Waals surface area contributed by atoms with Crippen LogP contribution in [0.25, 0.3) is 10.9 Å². The van der Waals surface area contributed by atoms with Crippen LogP contribution in [0.1, 0.15) is 32.7 Å². The molecule has 1 fully saturated rings. The highest BCUT2D eigenvalue weighted by molar-refractivity contribution is 7.99. The fourth-order valence-corrected chi connectivity index (χ4v) is 4.37. The van der Waals surface area contributed by atoms with Crippen LogP contribution < -0.4 is 11.3 Å². The van der Waals surface area contributed by atoms with Gasteiger partial charge >= 0.3 is 0 Å². The van der Waals surface area contributed by atoms with E-state index in [4.69, 9.17) is 5.73 Å². The lowest BCUT2D eigenvalue weighted by Gasteiger charge is -2.31. The highest BCUT2D eigenvalue weighted by Gasteiger charge is 2.27. The van der Waals surface area contributed by atoms with Gasteiger partial charge in [0.05, 0.1) is 22.6 Å². The highest BCUT2D eigenvalue weighted by Crippen LogP contribution is 2.23. The molecule has 2 N–H and O–H groups in total. The number of hydrogen-bond acceptors (Lipinski definition) is 5. The average molecular weight is 388 g/mol. The molecule has 0 saturated carbocycles. The van der Waals surface area contributed by atoms with Crippen molar-refractivity contribution in [3.8, 4) is 0 Å². The summed E-state index contributed by atoms with van der Waals surface area (Å²) >= 11 is 1.26. The number of hydrogen-bond donors (Lipinski definition) is 1. The van der Waals surface area contributed by atoms with E-state index >= 15 is 0 Å². The molecule has 0 aliphatic carbocycles. The number of primary amides is 1. The number of carbonyl (C=O) groups excluding carboxylic acids is 2. The number of aromatic nitrogens is 2. The molecule has 0 bridgehead atoms. The molecule has 2 amide bonds. The molecule has 144 valence electrons. The average Bonchev–Trinajstić information content (AvgIpc) is 2.66. The third-order valence-corrected chi connectivity index (χ3v) is 5.73. The molecular weight excluding hydrogens is 364 g/mol. The summed E-state index contributed by atoms with van der Waals surface area (Å²) in [6.07, 6.45) is 1.50. The molecule has 0 spiro atoms. The van der Waals surface area contributed by atoms with Crippen LogP contribution in [0, 0.1) is 5.92 Å². The minimum absolute atomic E-state index is 0.0661. The summed E-state index contributed by atoms with van der Waals surface area (Å²) in [5.74, 6) is -0.530. The Labute approximate surface area is 161 Å². The molecule has 2 heterocycles. The van der Waals surface area contributed by atoms with E-state index in [-0.39, 0.29) is 35.1 Å². The summed E-state index contributed by atoms with van der Waals surface area (Å²) in [6, 6.07) is 7.15. The summed E-state index contributed by atoms with van der Waals surface area (Å²) < 4.78 is 1.63. The maximum Gasteiger partial charge on any atom is 0.262 e. The van der Waals surface area contributed by atoms with Gasteiger partial charge in [0.15, 0.2) is 5.16 Å². The van der Waals surface area contributed by atoms with Gasteiger partial charge < -0.3 is 10.6 Å². The SMILES string of the molecule is CC(C)n1c(SCC(=O)N2CCC[C@H](C(N)=O)C2)nc2ccccc2c1=O. The summed E-state index contributed by atoms with van der Waals surface area (Å²) in [4.78, 5) is 43.1. The second-order valence-electron chi connectivity index (χ2n) is 7.05. The van der Waals surface area contributed by atoms with E-state index in [0.717, 1.165) is 12.8 Å². The zero-order valence-electron chi connectivity index (χ0n) is 15.6. The molecule has 27 heavy (non-hydrogen) atoms. The van der Waals surface area contributed by atoms with Crippen molar-refractivity contribution in [2.24, 2.45) is 11.7 Å². The number of nitrogens with zero attached hydrogens (tertiary/aromatic N) is 3. The van der Waals surface area contributed by atoms with E-state index in [1.807, 2.05) is 26.0 Å². The first-order chi connectivity index (χ1) is 12.9. The van der Waals surface area contributed by atoms with Gasteiger partial charge in [-0.3, -0.25) is 19.0 Å². The van der Waals surface area contributed by atoms with Crippen molar-refractivity contribution in [1.82, 2.24) is 14.5 Å². The van der Waals surface area contributed by atoms with Crippen LogP contribution in [0.5, 0.6) is 0 Å². The molecule has 1 atom stereocenters. The Hall–Kier alpha value is -2.35. The third-order valence-electron chi connectivity index (χ3n) is 4.79. The molecule has 1 aromatic heterocycles. The number of fused-ring (bicyclic) bond motifs is 1. The Kier molecular flexibility index (Phi) is 5.84. The fourth-order valence-electron chi connectivity index (χ4n) is 3.34. The monoisotopic (exact) mass is 388 g/mol. The highest BCUT2D eigenvalue weighted by atomic mass is 32.2. The standard InChI is InChI=1S/C19H24N4O3S/c1-12(2)23-18(26)14-7-3-4-8-15(14)21-19(23)27-11-16(24)22-9-5-6-13(10-22)17(20)25/h3-4,7-8,12-13H,5-6,9-11H2,1-2H3,(H2,20,25)/t13-/m0/s1. The van der Waals surface area contributed by atoms with Gasteiger partial charge in [0.2, 0.25) is 11.8 Å². The second-order valence-corrected chi connectivity index (χ2v) is 7.99. The summed E-state index contributed by atoms with van der Waals surface area (Å²) in [5, 5.41) is 1.10. The van der Waals surface area contributed by atoms with Crippen LogP contribution in [0.3, 0.4) is 0 Å². The van der Waals surface area contributed by atoms with Crippen molar-refractivity contribution in [3.05, 3.63) is 34.6 Å². The number of rotatable bonds is 5. The molecule has 8 heteroatoms. The first-order valence-corrected chi connectivity index (χ1v) is 10.1. The predicted octanol–water partition coefficient (Wildman–Crippen LogP) is 1.79. The van der Waals surface area contributed by atoms with Gasteiger partial charge in [-0.05, 0) is 38.8 Å².